The number of carbonyl (C=O) groups excluding carboxylic acids is 1. The number of likely N-dealkylation sites (tertiary alicyclic amines) is 1. The maximum atomic E-state index is 11.2. The third-order valence-corrected chi connectivity index (χ3v) is 3.27. The summed E-state index contributed by atoms with van der Waals surface area (Å²) in [6.45, 7) is 1.95. The Morgan fingerprint density at radius 2 is 2.14 bits per heavy atom. The molecule has 2 fully saturated rings. The van der Waals surface area contributed by atoms with Crippen molar-refractivity contribution in [1.82, 2.24) is 4.90 Å². The van der Waals surface area contributed by atoms with Crippen LogP contribution in [0, 0.1) is 0 Å². The summed E-state index contributed by atoms with van der Waals surface area (Å²) in [7, 11) is 1.54. The van der Waals surface area contributed by atoms with Crippen molar-refractivity contribution in [2.45, 2.75) is 30.6 Å². The van der Waals surface area contributed by atoms with Gasteiger partial charge in [-0.05, 0) is 25.9 Å². The summed E-state index contributed by atoms with van der Waals surface area (Å²) in [4.78, 5) is 13.4. The summed E-state index contributed by atoms with van der Waals surface area (Å²) >= 11 is 5.99. The first-order valence-electron chi connectivity index (χ1n) is 4.85. The number of ether oxygens (including phenoxy) is 2. The number of hydrogen-bond donors (Lipinski definition) is 0. The zero-order valence-corrected chi connectivity index (χ0v) is 8.87. The highest BCUT2D eigenvalue weighted by Crippen LogP contribution is 2.28. The summed E-state index contributed by atoms with van der Waals surface area (Å²) in [5, 5.41) is -0.585. The minimum Gasteiger partial charge on any atom is -0.433 e. The van der Waals surface area contributed by atoms with Crippen LogP contribution in [0.1, 0.15) is 12.8 Å². The summed E-state index contributed by atoms with van der Waals surface area (Å²) in [6.07, 6.45) is 1.82. The maximum absolute atomic E-state index is 11.2. The molecule has 0 spiro atoms. The molecule has 4 nitrogen and oxygen atoms in total. The van der Waals surface area contributed by atoms with Crippen molar-refractivity contribution in [3.63, 3.8) is 0 Å². The molecule has 0 aromatic heterocycles. The number of esters is 1. The Morgan fingerprint density at radius 1 is 1.50 bits per heavy atom. The Hall–Kier alpha value is -0.320. The van der Waals surface area contributed by atoms with Crippen LogP contribution >= 0.6 is 11.6 Å². The molecule has 0 saturated carbocycles. The fourth-order valence-corrected chi connectivity index (χ4v) is 2.44. The molecule has 2 aliphatic rings. The van der Waals surface area contributed by atoms with Gasteiger partial charge in [-0.3, -0.25) is 9.69 Å². The largest absolute Gasteiger partial charge is 0.433 e. The molecule has 2 saturated heterocycles. The highest BCUT2D eigenvalue weighted by Gasteiger charge is 2.47. The van der Waals surface area contributed by atoms with Gasteiger partial charge in [-0.15, -0.1) is 11.6 Å². The Labute approximate surface area is 88.1 Å². The van der Waals surface area contributed by atoms with Crippen molar-refractivity contribution in [2.24, 2.45) is 0 Å². The number of methoxy groups -OCH3 is 1. The van der Waals surface area contributed by atoms with Gasteiger partial charge < -0.3 is 9.47 Å². The van der Waals surface area contributed by atoms with Crippen LogP contribution < -0.4 is 0 Å². The Morgan fingerprint density at radius 3 is 2.71 bits per heavy atom. The number of hydrogen-bond acceptors (Lipinski definition) is 4. The third-order valence-electron chi connectivity index (χ3n) is 2.83. The first kappa shape index (κ1) is 10.2. The molecule has 5 heteroatoms. The molecule has 0 N–H and O–H groups in total. The predicted molar refractivity (Wildman–Crippen MR) is 51.1 cm³/mol. The van der Waals surface area contributed by atoms with Crippen LogP contribution in [0.3, 0.4) is 0 Å². The monoisotopic (exact) mass is 219 g/mol. The van der Waals surface area contributed by atoms with Crippen molar-refractivity contribution < 1.29 is 14.3 Å². The number of alkyl halides is 1. The molecule has 80 valence electrons. The topological polar surface area (TPSA) is 38.8 Å². The van der Waals surface area contributed by atoms with Gasteiger partial charge in [0.1, 0.15) is 0 Å². The Balaban J connectivity index is 2.09. The van der Waals surface area contributed by atoms with E-state index in [-0.39, 0.29) is 12.0 Å². The van der Waals surface area contributed by atoms with Crippen LogP contribution in [0.15, 0.2) is 0 Å². The van der Waals surface area contributed by atoms with Crippen molar-refractivity contribution in [3.8, 4) is 0 Å². The minimum atomic E-state index is -0.585. The van der Waals surface area contributed by atoms with Crippen LogP contribution in [-0.4, -0.2) is 48.8 Å². The van der Waals surface area contributed by atoms with E-state index in [1.54, 1.807) is 0 Å². The molecule has 0 aromatic carbocycles. The molecule has 2 heterocycles. The van der Waals surface area contributed by atoms with Crippen LogP contribution in [0.4, 0.5) is 0 Å². The summed E-state index contributed by atoms with van der Waals surface area (Å²) in [5.41, 5.74) is 0. The number of carbonyl (C=O) groups is 1. The SMILES string of the molecule is CO[C@@H]1OC(=O)C(Cl)[C@@H]1N1CCCC1. The molecule has 0 radical (unpaired) electrons. The van der Waals surface area contributed by atoms with E-state index < -0.39 is 11.7 Å². The number of nitrogens with zero attached hydrogens (tertiary/aromatic N) is 1. The Kier molecular flexibility index (Phi) is 2.95. The van der Waals surface area contributed by atoms with Crippen molar-refractivity contribution >= 4 is 17.6 Å². The van der Waals surface area contributed by atoms with E-state index >= 15 is 0 Å². The van der Waals surface area contributed by atoms with Crippen LogP contribution in [-0.2, 0) is 14.3 Å². The molecule has 0 aliphatic carbocycles. The van der Waals surface area contributed by atoms with Gasteiger partial charge >= 0.3 is 5.97 Å². The molecule has 2 rings (SSSR count). The highest BCUT2D eigenvalue weighted by atomic mass is 35.5. The normalized spacial score (nSPS) is 39.0. The van der Waals surface area contributed by atoms with E-state index in [0.29, 0.717) is 0 Å². The van der Waals surface area contributed by atoms with E-state index in [9.17, 15) is 4.79 Å². The van der Waals surface area contributed by atoms with Crippen LogP contribution in [0.2, 0.25) is 0 Å². The lowest BCUT2D eigenvalue weighted by Crippen LogP contribution is -2.44. The van der Waals surface area contributed by atoms with Gasteiger partial charge in [0.25, 0.3) is 0 Å². The number of halogens is 1. The van der Waals surface area contributed by atoms with E-state index in [1.165, 1.54) is 7.11 Å². The number of cyclic esters (lactones) is 1. The number of rotatable bonds is 2. The molecule has 1 unspecified atom stereocenters. The standard InChI is InChI=1S/C9H14ClNO3/c1-13-9-7(6(10)8(12)14-9)11-4-2-3-5-11/h6-7,9H,2-5H2,1H3/t6?,7-,9+/m0/s1. The second-order valence-corrected chi connectivity index (χ2v) is 4.15. The van der Waals surface area contributed by atoms with Gasteiger partial charge in [-0.2, -0.15) is 0 Å². The molecular formula is C9H14ClNO3. The van der Waals surface area contributed by atoms with Gasteiger partial charge in [0, 0.05) is 7.11 Å². The zero-order valence-electron chi connectivity index (χ0n) is 8.11. The van der Waals surface area contributed by atoms with E-state index in [2.05, 4.69) is 4.90 Å². The molecule has 3 atom stereocenters. The van der Waals surface area contributed by atoms with Crippen molar-refractivity contribution in [1.29, 1.82) is 0 Å². The van der Waals surface area contributed by atoms with Crippen LogP contribution in [0.25, 0.3) is 0 Å². The van der Waals surface area contributed by atoms with E-state index in [1.807, 2.05) is 0 Å². The average molecular weight is 220 g/mol. The van der Waals surface area contributed by atoms with Gasteiger partial charge in [0.15, 0.2) is 5.38 Å². The highest BCUT2D eigenvalue weighted by molar-refractivity contribution is 6.31. The second-order valence-electron chi connectivity index (χ2n) is 3.68. The minimum absolute atomic E-state index is 0.114. The first-order valence-corrected chi connectivity index (χ1v) is 5.29. The van der Waals surface area contributed by atoms with Crippen molar-refractivity contribution in [2.75, 3.05) is 20.2 Å². The molecular weight excluding hydrogens is 206 g/mol. The van der Waals surface area contributed by atoms with E-state index in [0.717, 1.165) is 25.9 Å². The summed E-state index contributed by atoms with van der Waals surface area (Å²) in [5.74, 6) is -0.365. The molecule has 0 bridgehead atoms. The zero-order chi connectivity index (χ0) is 10.1. The molecule has 2 aliphatic heterocycles. The fourth-order valence-electron chi connectivity index (χ4n) is 2.11. The summed E-state index contributed by atoms with van der Waals surface area (Å²) < 4.78 is 10.1. The third kappa shape index (κ3) is 1.62. The van der Waals surface area contributed by atoms with Gasteiger partial charge in [0.2, 0.25) is 6.29 Å². The van der Waals surface area contributed by atoms with Crippen molar-refractivity contribution in [3.05, 3.63) is 0 Å². The quantitative estimate of drug-likeness (QED) is 0.503. The maximum Gasteiger partial charge on any atom is 0.328 e. The summed E-state index contributed by atoms with van der Waals surface area (Å²) in [6, 6.07) is -0.114. The smallest absolute Gasteiger partial charge is 0.328 e. The lowest BCUT2D eigenvalue weighted by Gasteiger charge is -2.26. The van der Waals surface area contributed by atoms with E-state index in [4.69, 9.17) is 21.1 Å². The second kappa shape index (κ2) is 4.04. The lowest BCUT2D eigenvalue weighted by atomic mass is 10.2. The van der Waals surface area contributed by atoms with Gasteiger partial charge in [-0.1, -0.05) is 0 Å². The Bertz CT molecular complexity index is 230. The lowest BCUT2D eigenvalue weighted by molar-refractivity contribution is -0.162. The average Bonchev–Trinajstić information content (AvgIpc) is 2.76. The molecule has 0 aromatic rings. The molecule has 0 amide bonds. The predicted octanol–water partition coefficient (Wildman–Crippen LogP) is 0.588. The van der Waals surface area contributed by atoms with Crippen LogP contribution in [0.5, 0.6) is 0 Å². The van der Waals surface area contributed by atoms with Gasteiger partial charge in [-0.25, -0.2) is 0 Å². The first-order chi connectivity index (χ1) is 6.74. The van der Waals surface area contributed by atoms with Gasteiger partial charge in [0.05, 0.1) is 6.04 Å². The fraction of sp³-hybridized carbons (Fsp3) is 0.889. The molecule has 14 heavy (non-hydrogen) atoms.